The monoisotopic (exact) mass is 305 g/mol. The smallest absolute Gasteiger partial charge is 0.347 e. The number of rotatable bonds is 6. The summed E-state index contributed by atoms with van der Waals surface area (Å²) < 4.78 is 0. The third-order valence-electron chi connectivity index (χ3n) is 2.70. The minimum atomic E-state index is -0.992. The van der Waals surface area contributed by atoms with Crippen molar-refractivity contribution in [3.8, 4) is 0 Å². The summed E-state index contributed by atoms with van der Waals surface area (Å²) in [6, 6.07) is 9.40. The molecular weight excluding hydrogens is 290 g/mol. The van der Waals surface area contributed by atoms with Crippen LogP contribution in [-0.2, 0) is 11.3 Å². The van der Waals surface area contributed by atoms with Gasteiger partial charge in [0.05, 0.1) is 18.8 Å². The first-order valence-electron chi connectivity index (χ1n) is 6.31. The number of carboxylic acid groups (broad SMARTS) is 1. The summed E-state index contributed by atoms with van der Waals surface area (Å²) in [5.74, 6) is -1.17. The van der Waals surface area contributed by atoms with Crippen LogP contribution in [-0.4, -0.2) is 28.5 Å². The fourth-order valence-electron chi connectivity index (χ4n) is 1.70. The minimum Gasteiger partial charge on any atom is -0.477 e. The maximum atomic E-state index is 11.7. The first-order valence-corrected chi connectivity index (χ1v) is 7.13. The molecular formula is C14H15N3O3S. The van der Waals surface area contributed by atoms with Crippen molar-refractivity contribution >= 4 is 28.9 Å². The first-order chi connectivity index (χ1) is 10.1. The molecule has 21 heavy (non-hydrogen) atoms. The molecule has 0 spiro atoms. The van der Waals surface area contributed by atoms with E-state index in [0.29, 0.717) is 10.7 Å². The Morgan fingerprint density at radius 3 is 2.62 bits per heavy atom. The van der Waals surface area contributed by atoms with Gasteiger partial charge in [-0.25, -0.2) is 9.78 Å². The maximum absolute atomic E-state index is 11.7. The summed E-state index contributed by atoms with van der Waals surface area (Å²) in [5, 5.41) is 15.2. The highest BCUT2D eigenvalue weighted by molar-refractivity contribution is 7.13. The van der Waals surface area contributed by atoms with E-state index in [9.17, 15) is 9.59 Å². The topological polar surface area (TPSA) is 91.3 Å². The number of benzene rings is 1. The van der Waals surface area contributed by atoms with Crippen LogP contribution >= 0.6 is 11.3 Å². The molecule has 6 nitrogen and oxygen atoms in total. The van der Waals surface area contributed by atoms with E-state index >= 15 is 0 Å². The van der Waals surface area contributed by atoms with Crippen LogP contribution in [0.2, 0.25) is 0 Å². The standard InChI is InChI=1S/C14H15N3O3S/c1-9-13(14(19)20)21-12(17-9)8-16-11(18)7-15-10-5-3-2-4-6-10/h2-6,15H,7-8H2,1H3,(H,16,18)(H,19,20). The van der Waals surface area contributed by atoms with Crippen LogP contribution in [0, 0.1) is 6.92 Å². The lowest BCUT2D eigenvalue weighted by Gasteiger charge is -2.06. The number of para-hydroxylation sites is 1. The second-order valence-electron chi connectivity index (χ2n) is 4.32. The molecule has 3 N–H and O–H groups in total. The van der Waals surface area contributed by atoms with Gasteiger partial charge >= 0.3 is 5.97 Å². The molecule has 0 fully saturated rings. The summed E-state index contributed by atoms with van der Waals surface area (Å²) >= 11 is 1.08. The average molecular weight is 305 g/mol. The number of carboxylic acids is 1. The number of nitrogens with one attached hydrogen (secondary N) is 2. The third kappa shape index (κ3) is 4.28. The van der Waals surface area contributed by atoms with Crippen molar-refractivity contribution in [3.05, 3.63) is 45.9 Å². The molecule has 1 amide bonds. The summed E-state index contributed by atoms with van der Waals surface area (Å²) in [6.07, 6.45) is 0. The number of aromatic carboxylic acids is 1. The molecule has 1 heterocycles. The Morgan fingerprint density at radius 2 is 2.00 bits per heavy atom. The van der Waals surface area contributed by atoms with Gasteiger partial charge in [0, 0.05) is 5.69 Å². The van der Waals surface area contributed by atoms with Crippen LogP contribution in [0.25, 0.3) is 0 Å². The fourth-order valence-corrected chi connectivity index (χ4v) is 2.54. The molecule has 0 aliphatic carbocycles. The number of carbonyl (C=O) groups excluding carboxylic acids is 1. The van der Waals surface area contributed by atoms with Crippen molar-refractivity contribution in [1.82, 2.24) is 10.3 Å². The number of thiazole rings is 1. The van der Waals surface area contributed by atoms with Crippen molar-refractivity contribution in [2.24, 2.45) is 0 Å². The number of aryl methyl sites for hydroxylation is 1. The molecule has 0 aliphatic heterocycles. The van der Waals surface area contributed by atoms with E-state index in [0.717, 1.165) is 17.0 Å². The zero-order valence-electron chi connectivity index (χ0n) is 11.4. The number of nitrogens with zero attached hydrogens (tertiary/aromatic N) is 1. The predicted molar refractivity (Wildman–Crippen MR) is 80.6 cm³/mol. The zero-order chi connectivity index (χ0) is 15.2. The number of aromatic nitrogens is 1. The quantitative estimate of drug-likeness (QED) is 0.758. The Bertz CT molecular complexity index is 640. The highest BCUT2D eigenvalue weighted by atomic mass is 32.1. The van der Waals surface area contributed by atoms with Gasteiger partial charge in [-0.2, -0.15) is 0 Å². The van der Waals surface area contributed by atoms with E-state index < -0.39 is 5.97 Å². The zero-order valence-corrected chi connectivity index (χ0v) is 12.2. The molecule has 0 saturated carbocycles. The highest BCUT2D eigenvalue weighted by Crippen LogP contribution is 2.17. The van der Waals surface area contributed by atoms with E-state index in [1.54, 1.807) is 6.92 Å². The molecule has 2 aromatic rings. The van der Waals surface area contributed by atoms with Gasteiger partial charge in [0.15, 0.2) is 0 Å². The Kier molecular flexibility index (Phi) is 4.89. The Hall–Kier alpha value is -2.41. The minimum absolute atomic E-state index is 0.153. The van der Waals surface area contributed by atoms with Crippen LogP contribution in [0.5, 0.6) is 0 Å². The molecule has 0 atom stereocenters. The maximum Gasteiger partial charge on any atom is 0.347 e. The van der Waals surface area contributed by atoms with Gasteiger partial charge in [0.25, 0.3) is 0 Å². The molecule has 2 rings (SSSR count). The Labute approximate surface area is 125 Å². The van der Waals surface area contributed by atoms with Crippen molar-refractivity contribution in [3.63, 3.8) is 0 Å². The second-order valence-corrected chi connectivity index (χ2v) is 5.41. The molecule has 0 saturated heterocycles. The summed E-state index contributed by atoms with van der Waals surface area (Å²) in [7, 11) is 0. The Morgan fingerprint density at radius 1 is 1.29 bits per heavy atom. The first kappa shape index (κ1) is 15.0. The van der Waals surface area contributed by atoms with Gasteiger partial charge in [-0.15, -0.1) is 11.3 Å². The second kappa shape index (κ2) is 6.85. The lowest BCUT2D eigenvalue weighted by molar-refractivity contribution is -0.119. The molecule has 0 unspecified atom stereocenters. The largest absolute Gasteiger partial charge is 0.477 e. The summed E-state index contributed by atoms with van der Waals surface area (Å²) in [5.41, 5.74) is 1.34. The van der Waals surface area contributed by atoms with Crippen molar-refractivity contribution in [2.45, 2.75) is 13.5 Å². The van der Waals surface area contributed by atoms with Crippen molar-refractivity contribution in [1.29, 1.82) is 0 Å². The molecule has 0 radical (unpaired) electrons. The van der Waals surface area contributed by atoms with Gasteiger partial charge in [-0.3, -0.25) is 4.79 Å². The fraction of sp³-hybridized carbons (Fsp3) is 0.214. The molecule has 0 bridgehead atoms. The van der Waals surface area contributed by atoms with Gasteiger partial charge < -0.3 is 15.7 Å². The van der Waals surface area contributed by atoms with E-state index in [4.69, 9.17) is 5.11 Å². The SMILES string of the molecule is Cc1nc(CNC(=O)CNc2ccccc2)sc1C(=O)O. The van der Waals surface area contributed by atoms with Gasteiger partial charge in [-0.05, 0) is 19.1 Å². The molecule has 110 valence electrons. The third-order valence-corrected chi connectivity index (χ3v) is 3.84. The number of carbonyl (C=O) groups is 2. The van der Waals surface area contributed by atoms with Crippen LogP contribution < -0.4 is 10.6 Å². The number of anilines is 1. The molecule has 1 aromatic carbocycles. The lowest BCUT2D eigenvalue weighted by atomic mass is 10.3. The molecule has 1 aromatic heterocycles. The number of hydrogen-bond donors (Lipinski definition) is 3. The number of amides is 1. The van der Waals surface area contributed by atoms with Gasteiger partial charge in [0.1, 0.15) is 9.88 Å². The van der Waals surface area contributed by atoms with Gasteiger partial charge in [-0.1, -0.05) is 18.2 Å². The van der Waals surface area contributed by atoms with Crippen LogP contribution in [0.4, 0.5) is 5.69 Å². The normalized spacial score (nSPS) is 10.1. The van der Waals surface area contributed by atoms with E-state index in [2.05, 4.69) is 15.6 Å². The van der Waals surface area contributed by atoms with Crippen LogP contribution in [0.1, 0.15) is 20.4 Å². The van der Waals surface area contributed by atoms with Crippen molar-refractivity contribution in [2.75, 3.05) is 11.9 Å². The molecule has 7 heteroatoms. The highest BCUT2D eigenvalue weighted by Gasteiger charge is 2.14. The van der Waals surface area contributed by atoms with Crippen LogP contribution in [0.15, 0.2) is 30.3 Å². The Balaban J connectivity index is 1.81. The number of hydrogen-bond acceptors (Lipinski definition) is 5. The predicted octanol–water partition coefficient (Wildman–Crippen LogP) is 1.88. The average Bonchev–Trinajstić information content (AvgIpc) is 2.85. The van der Waals surface area contributed by atoms with E-state index in [-0.39, 0.29) is 23.9 Å². The van der Waals surface area contributed by atoms with Gasteiger partial charge in [0.2, 0.25) is 5.91 Å². The van der Waals surface area contributed by atoms with E-state index in [1.165, 1.54) is 0 Å². The molecule has 0 aliphatic rings. The summed E-state index contributed by atoms with van der Waals surface area (Å²) in [6.45, 7) is 2.02. The van der Waals surface area contributed by atoms with Crippen LogP contribution in [0.3, 0.4) is 0 Å². The van der Waals surface area contributed by atoms with Crippen molar-refractivity contribution < 1.29 is 14.7 Å². The summed E-state index contributed by atoms with van der Waals surface area (Å²) in [4.78, 5) is 26.9. The van der Waals surface area contributed by atoms with E-state index in [1.807, 2.05) is 30.3 Å². The lowest BCUT2D eigenvalue weighted by Crippen LogP contribution is -2.29.